The summed E-state index contributed by atoms with van der Waals surface area (Å²) in [5.41, 5.74) is 5.03. The topological polar surface area (TPSA) is 89.0 Å². The zero-order valence-corrected chi connectivity index (χ0v) is 22.5. The maximum Gasteiger partial charge on any atom is 0.409 e. The number of carbonyl (C=O) groups is 2. The number of aromatic nitrogens is 1. The molecule has 7 nitrogen and oxygen atoms in total. The van der Waals surface area contributed by atoms with Gasteiger partial charge in [-0.3, -0.25) is 0 Å². The zero-order chi connectivity index (χ0) is 26.3. The molecule has 1 aromatic heterocycles. The van der Waals surface area contributed by atoms with Crippen molar-refractivity contribution in [3.8, 4) is 11.1 Å². The average molecular weight is 577 g/mol. The van der Waals surface area contributed by atoms with Crippen molar-refractivity contribution in [1.82, 2.24) is 9.88 Å². The number of hydrogen-bond acceptors (Lipinski definition) is 5. The Morgan fingerprint density at radius 3 is 2.21 bits per heavy atom. The van der Waals surface area contributed by atoms with Crippen molar-refractivity contribution in [2.75, 3.05) is 26.3 Å². The molecule has 0 unspecified atom stereocenters. The van der Waals surface area contributed by atoms with Gasteiger partial charge < -0.3 is 19.5 Å². The van der Waals surface area contributed by atoms with Gasteiger partial charge >= 0.3 is 12.1 Å². The van der Waals surface area contributed by atoms with Crippen LogP contribution >= 0.6 is 15.9 Å². The third-order valence-electron chi connectivity index (χ3n) is 8.46. The smallest absolute Gasteiger partial charge is 0.409 e. The third kappa shape index (κ3) is 4.39. The minimum absolute atomic E-state index is 0.00783. The summed E-state index contributed by atoms with van der Waals surface area (Å²) < 4.78 is 12.5. The van der Waals surface area contributed by atoms with E-state index in [4.69, 9.17) is 9.47 Å². The lowest BCUT2D eigenvalue weighted by Gasteiger charge is -2.58. The fourth-order valence-electron chi connectivity index (χ4n) is 6.66. The lowest BCUT2D eigenvalue weighted by Crippen LogP contribution is -2.57. The van der Waals surface area contributed by atoms with Crippen molar-refractivity contribution in [3.05, 3.63) is 88.2 Å². The maximum atomic E-state index is 13.1. The highest BCUT2D eigenvalue weighted by Gasteiger charge is 2.58. The summed E-state index contributed by atoms with van der Waals surface area (Å²) in [5, 5.41) is 9.24. The molecular weight excluding hydrogens is 548 g/mol. The number of pyridine rings is 1. The van der Waals surface area contributed by atoms with E-state index in [9.17, 15) is 14.7 Å². The molecule has 1 aliphatic heterocycles. The molecule has 0 radical (unpaired) electrons. The van der Waals surface area contributed by atoms with Gasteiger partial charge in [0, 0.05) is 30.8 Å². The SMILES string of the molecule is O=C(O)COC1(c2cccnc2Br)CC2(CCN(C(=O)OCC3c4ccccc4-c4ccccc43)CC2)C1. The first-order valence-corrected chi connectivity index (χ1v) is 13.8. The molecule has 2 fully saturated rings. The van der Waals surface area contributed by atoms with Crippen LogP contribution in [0.2, 0.25) is 0 Å². The van der Waals surface area contributed by atoms with Gasteiger partial charge in [-0.25, -0.2) is 14.6 Å². The Hall–Kier alpha value is -3.23. The number of piperidine rings is 1. The number of halogens is 1. The molecule has 2 heterocycles. The number of carboxylic acids is 1. The second kappa shape index (κ2) is 9.82. The van der Waals surface area contributed by atoms with Gasteiger partial charge in [0.25, 0.3) is 0 Å². The first-order chi connectivity index (χ1) is 18.4. The highest BCUT2D eigenvalue weighted by Crippen LogP contribution is 2.61. The van der Waals surface area contributed by atoms with E-state index >= 15 is 0 Å². The second-order valence-corrected chi connectivity index (χ2v) is 11.4. The molecule has 1 spiro atoms. The van der Waals surface area contributed by atoms with Gasteiger partial charge in [0.05, 0.1) is 5.60 Å². The normalized spacial score (nSPS) is 18.9. The summed E-state index contributed by atoms with van der Waals surface area (Å²) in [6.45, 7) is 1.18. The van der Waals surface area contributed by atoms with E-state index in [1.165, 1.54) is 22.3 Å². The lowest BCUT2D eigenvalue weighted by molar-refractivity contribution is -0.198. The highest BCUT2D eigenvalue weighted by atomic mass is 79.9. The number of nitrogens with zero attached hydrogens (tertiary/aromatic N) is 2. The Morgan fingerprint density at radius 2 is 1.61 bits per heavy atom. The van der Waals surface area contributed by atoms with Crippen molar-refractivity contribution >= 4 is 28.0 Å². The van der Waals surface area contributed by atoms with Crippen molar-refractivity contribution < 1.29 is 24.2 Å². The van der Waals surface area contributed by atoms with Crippen LogP contribution in [0.1, 0.15) is 48.3 Å². The van der Waals surface area contributed by atoms with E-state index < -0.39 is 11.6 Å². The van der Waals surface area contributed by atoms with Crippen LogP contribution in [0.5, 0.6) is 0 Å². The molecule has 1 saturated heterocycles. The molecule has 1 saturated carbocycles. The number of benzene rings is 2. The Balaban J connectivity index is 1.08. The van der Waals surface area contributed by atoms with E-state index in [-0.39, 0.29) is 24.0 Å². The summed E-state index contributed by atoms with van der Waals surface area (Å²) in [4.78, 5) is 30.5. The van der Waals surface area contributed by atoms with Crippen molar-refractivity contribution in [2.24, 2.45) is 5.41 Å². The quantitative estimate of drug-likeness (QED) is 0.364. The van der Waals surface area contributed by atoms with Crippen LogP contribution in [0.15, 0.2) is 71.5 Å². The predicted octanol–water partition coefficient (Wildman–Crippen LogP) is 5.97. The van der Waals surface area contributed by atoms with Crippen LogP contribution < -0.4 is 0 Å². The van der Waals surface area contributed by atoms with Gasteiger partial charge in [0.15, 0.2) is 0 Å². The van der Waals surface area contributed by atoms with E-state index in [0.717, 1.165) is 18.4 Å². The number of hydrogen-bond donors (Lipinski definition) is 1. The molecule has 2 aromatic carbocycles. The van der Waals surface area contributed by atoms with Gasteiger partial charge in [-0.2, -0.15) is 0 Å². The summed E-state index contributed by atoms with van der Waals surface area (Å²) in [6.07, 6.45) is 4.48. The Morgan fingerprint density at radius 1 is 0.974 bits per heavy atom. The number of aliphatic carboxylic acids is 1. The first-order valence-electron chi connectivity index (χ1n) is 13.0. The minimum atomic E-state index is -0.990. The largest absolute Gasteiger partial charge is 0.480 e. The summed E-state index contributed by atoms with van der Waals surface area (Å²) in [7, 11) is 0. The number of carbonyl (C=O) groups excluding carboxylic acids is 1. The number of fused-ring (bicyclic) bond motifs is 3. The molecule has 196 valence electrons. The van der Waals surface area contributed by atoms with Gasteiger partial charge in [-0.15, -0.1) is 0 Å². The van der Waals surface area contributed by atoms with Crippen LogP contribution in [-0.2, 0) is 19.9 Å². The van der Waals surface area contributed by atoms with Crippen molar-refractivity contribution in [3.63, 3.8) is 0 Å². The zero-order valence-electron chi connectivity index (χ0n) is 20.9. The van der Waals surface area contributed by atoms with E-state index in [2.05, 4.69) is 45.2 Å². The number of likely N-dealkylation sites (tertiary alicyclic amines) is 1. The molecule has 2 aliphatic carbocycles. The third-order valence-corrected chi connectivity index (χ3v) is 9.09. The Kier molecular flexibility index (Phi) is 6.48. The fourth-order valence-corrected chi connectivity index (χ4v) is 7.27. The van der Waals surface area contributed by atoms with Crippen molar-refractivity contribution in [1.29, 1.82) is 0 Å². The number of amides is 1. The van der Waals surface area contributed by atoms with Crippen LogP contribution in [0.3, 0.4) is 0 Å². The number of rotatable bonds is 6. The van der Waals surface area contributed by atoms with Gasteiger partial charge in [0.1, 0.15) is 17.8 Å². The van der Waals surface area contributed by atoms with E-state index in [1.807, 2.05) is 36.4 Å². The van der Waals surface area contributed by atoms with Gasteiger partial charge in [-0.05, 0) is 75.3 Å². The van der Waals surface area contributed by atoms with Gasteiger partial charge in [-0.1, -0.05) is 54.6 Å². The van der Waals surface area contributed by atoms with Crippen LogP contribution in [0.25, 0.3) is 11.1 Å². The number of carboxylic acid groups (broad SMARTS) is 1. The van der Waals surface area contributed by atoms with E-state index in [0.29, 0.717) is 37.1 Å². The van der Waals surface area contributed by atoms with Gasteiger partial charge in [0.2, 0.25) is 0 Å². The summed E-state index contributed by atoms with van der Waals surface area (Å²) in [5.74, 6) is -0.950. The molecule has 3 aliphatic rings. The minimum Gasteiger partial charge on any atom is -0.480 e. The second-order valence-electron chi connectivity index (χ2n) is 10.7. The van der Waals surface area contributed by atoms with Crippen molar-refractivity contribution in [2.45, 2.75) is 37.2 Å². The number of ether oxygens (including phenoxy) is 2. The molecule has 3 aromatic rings. The summed E-state index contributed by atoms with van der Waals surface area (Å²) in [6, 6.07) is 20.4. The summed E-state index contributed by atoms with van der Waals surface area (Å²) >= 11 is 3.51. The Bertz CT molecular complexity index is 1330. The molecule has 1 N–H and O–H groups in total. The molecule has 38 heavy (non-hydrogen) atoms. The fraction of sp³-hybridized carbons (Fsp3) is 0.367. The molecule has 6 rings (SSSR count). The predicted molar refractivity (Wildman–Crippen MR) is 145 cm³/mol. The Labute approximate surface area is 229 Å². The average Bonchev–Trinajstić information content (AvgIpc) is 3.23. The first kappa shape index (κ1) is 25.1. The monoisotopic (exact) mass is 576 g/mol. The molecular formula is C30H29BrN2O5. The molecule has 0 atom stereocenters. The van der Waals surface area contributed by atoms with Crippen LogP contribution in [0.4, 0.5) is 4.79 Å². The maximum absolute atomic E-state index is 13.1. The molecule has 8 heteroatoms. The molecule has 0 bridgehead atoms. The highest BCUT2D eigenvalue weighted by molar-refractivity contribution is 9.10. The van der Waals surface area contributed by atoms with Crippen LogP contribution in [-0.4, -0.2) is 53.4 Å². The van der Waals surface area contributed by atoms with E-state index in [1.54, 1.807) is 11.1 Å². The standard InChI is InChI=1S/C30H29BrN2O5/c31-27-25(10-5-13-32-27)30(38-17-26(34)35)18-29(19-30)11-14-33(15-12-29)28(36)37-16-24-22-8-3-1-6-20(22)21-7-2-4-9-23(21)24/h1-10,13,24H,11-12,14-19H2,(H,34,35). The van der Waals surface area contributed by atoms with Crippen LogP contribution in [0, 0.1) is 5.41 Å². The molecule has 1 amide bonds. The lowest BCUT2D eigenvalue weighted by atomic mass is 9.53.